The highest BCUT2D eigenvalue weighted by molar-refractivity contribution is 5.48. The van der Waals surface area contributed by atoms with Crippen molar-refractivity contribution >= 4 is 5.69 Å². The normalized spacial score (nSPS) is 10.1. The average Bonchev–Trinajstić information content (AvgIpc) is 2.26. The molecule has 1 aromatic carbocycles. The van der Waals surface area contributed by atoms with Crippen molar-refractivity contribution in [1.29, 1.82) is 0 Å². The maximum Gasteiger partial charge on any atom is 0.276 e. The van der Waals surface area contributed by atoms with E-state index in [-0.39, 0.29) is 5.69 Å². The highest BCUT2D eigenvalue weighted by Gasteiger charge is 2.13. The van der Waals surface area contributed by atoms with Gasteiger partial charge < -0.3 is 10.1 Å². The van der Waals surface area contributed by atoms with Crippen LogP contribution < -0.4 is 10.1 Å². The van der Waals surface area contributed by atoms with E-state index >= 15 is 0 Å². The van der Waals surface area contributed by atoms with Crippen LogP contribution in [0.1, 0.15) is 12.5 Å². The molecule has 0 saturated heterocycles. The Morgan fingerprint density at radius 1 is 1.50 bits per heavy atom. The second-order valence-electron chi connectivity index (χ2n) is 3.36. The predicted molar refractivity (Wildman–Crippen MR) is 61.9 cm³/mol. The summed E-state index contributed by atoms with van der Waals surface area (Å²) < 4.78 is 5.46. The minimum Gasteiger partial charge on any atom is -0.492 e. The number of likely N-dealkylation sites (N-methyl/N-ethyl adjacent to an activating group) is 1. The Bertz CT molecular complexity index is 366. The molecule has 0 aliphatic carbocycles. The molecule has 0 saturated carbocycles. The molecule has 0 atom stereocenters. The molecule has 0 spiro atoms. The van der Waals surface area contributed by atoms with Gasteiger partial charge in [-0.25, -0.2) is 0 Å². The average molecular weight is 224 g/mol. The summed E-state index contributed by atoms with van der Waals surface area (Å²) in [7, 11) is 0. The molecule has 5 nitrogen and oxygen atoms in total. The van der Waals surface area contributed by atoms with Crippen LogP contribution in [0.4, 0.5) is 5.69 Å². The molecule has 5 heteroatoms. The summed E-state index contributed by atoms with van der Waals surface area (Å²) in [6.07, 6.45) is 0. The maximum absolute atomic E-state index is 10.7. The number of nitro groups is 1. The third-order valence-corrected chi connectivity index (χ3v) is 2.24. The molecule has 16 heavy (non-hydrogen) atoms. The Kier molecular flexibility index (Phi) is 4.72. The van der Waals surface area contributed by atoms with E-state index in [1.54, 1.807) is 19.1 Å². The van der Waals surface area contributed by atoms with Gasteiger partial charge in [-0.05, 0) is 19.5 Å². The van der Waals surface area contributed by atoms with E-state index in [1.165, 1.54) is 6.07 Å². The molecule has 0 aromatic heterocycles. The fraction of sp³-hybridized carbons (Fsp3) is 0.455. The summed E-state index contributed by atoms with van der Waals surface area (Å²) in [5, 5.41) is 13.8. The molecule has 0 fully saturated rings. The van der Waals surface area contributed by atoms with Gasteiger partial charge in [0.2, 0.25) is 0 Å². The van der Waals surface area contributed by atoms with E-state index in [0.29, 0.717) is 17.9 Å². The first-order valence-corrected chi connectivity index (χ1v) is 5.24. The number of ether oxygens (including phenoxy) is 1. The Hall–Kier alpha value is -1.62. The SMILES string of the molecule is CCNCCOc1cccc([N+](=O)[O-])c1C. The Morgan fingerprint density at radius 3 is 2.88 bits per heavy atom. The van der Waals surface area contributed by atoms with Crippen LogP contribution in [0.25, 0.3) is 0 Å². The summed E-state index contributed by atoms with van der Waals surface area (Å²) in [5.41, 5.74) is 0.671. The van der Waals surface area contributed by atoms with Crippen LogP contribution in [0.15, 0.2) is 18.2 Å². The van der Waals surface area contributed by atoms with Gasteiger partial charge >= 0.3 is 0 Å². The van der Waals surface area contributed by atoms with E-state index in [9.17, 15) is 10.1 Å². The number of benzene rings is 1. The summed E-state index contributed by atoms with van der Waals surface area (Å²) in [6, 6.07) is 4.86. The minimum atomic E-state index is -0.396. The molecule has 0 heterocycles. The van der Waals surface area contributed by atoms with E-state index in [1.807, 2.05) is 6.92 Å². The van der Waals surface area contributed by atoms with Gasteiger partial charge in [0.25, 0.3) is 5.69 Å². The first-order chi connectivity index (χ1) is 7.66. The molecule has 0 amide bonds. The van der Waals surface area contributed by atoms with Gasteiger partial charge in [-0.15, -0.1) is 0 Å². The molecule has 1 rings (SSSR count). The number of hydrogen-bond acceptors (Lipinski definition) is 4. The monoisotopic (exact) mass is 224 g/mol. The van der Waals surface area contributed by atoms with Crippen molar-refractivity contribution in [2.75, 3.05) is 19.7 Å². The number of rotatable bonds is 6. The zero-order valence-corrected chi connectivity index (χ0v) is 9.53. The molecule has 88 valence electrons. The number of hydrogen-bond donors (Lipinski definition) is 1. The van der Waals surface area contributed by atoms with Crippen molar-refractivity contribution in [1.82, 2.24) is 5.32 Å². The Morgan fingerprint density at radius 2 is 2.25 bits per heavy atom. The second kappa shape index (κ2) is 6.07. The van der Waals surface area contributed by atoms with Crippen LogP contribution in [0.5, 0.6) is 5.75 Å². The quantitative estimate of drug-likeness (QED) is 0.455. The largest absolute Gasteiger partial charge is 0.492 e. The molecule has 0 bridgehead atoms. The predicted octanol–water partition coefficient (Wildman–Crippen LogP) is 1.89. The lowest BCUT2D eigenvalue weighted by Crippen LogP contribution is -2.20. The highest BCUT2D eigenvalue weighted by atomic mass is 16.6. The Labute approximate surface area is 94.6 Å². The third kappa shape index (κ3) is 3.20. The first-order valence-electron chi connectivity index (χ1n) is 5.24. The molecule has 0 aliphatic heterocycles. The summed E-state index contributed by atoms with van der Waals surface area (Å²) in [5.74, 6) is 0.576. The van der Waals surface area contributed by atoms with Crippen LogP contribution in [0.3, 0.4) is 0 Å². The Balaban J connectivity index is 2.66. The van der Waals surface area contributed by atoms with Gasteiger partial charge in [-0.3, -0.25) is 10.1 Å². The van der Waals surface area contributed by atoms with E-state index in [0.717, 1.165) is 13.1 Å². The standard InChI is InChI=1S/C11H16N2O3/c1-3-12-7-8-16-11-6-4-5-10(9(11)2)13(14)15/h4-6,12H,3,7-8H2,1-2H3. The third-order valence-electron chi connectivity index (χ3n) is 2.24. The molecule has 0 aliphatic rings. The van der Waals surface area contributed by atoms with E-state index in [4.69, 9.17) is 4.74 Å². The zero-order chi connectivity index (χ0) is 12.0. The van der Waals surface area contributed by atoms with Gasteiger partial charge in [-0.1, -0.05) is 13.0 Å². The number of nitrogens with one attached hydrogen (secondary N) is 1. The lowest BCUT2D eigenvalue weighted by atomic mass is 10.2. The fourth-order valence-electron chi connectivity index (χ4n) is 1.37. The van der Waals surface area contributed by atoms with Crippen LogP contribution >= 0.6 is 0 Å². The van der Waals surface area contributed by atoms with Gasteiger partial charge in [0.1, 0.15) is 12.4 Å². The zero-order valence-electron chi connectivity index (χ0n) is 9.53. The first kappa shape index (κ1) is 12.4. The number of nitrogens with zero attached hydrogens (tertiary/aromatic N) is 1. The van der Waals surface area contributed by atoms with Crippen molar-refractivity contribution in [2.24, 2.45) is 0 Å². The summed E-state index contributed by atoms with van der Waals surface area (Å²) in [6.45, 7) is 5.84. The highest BCUT2D eigenvalue weighted by Crippen LogP contribution is 2.26. The van der Waals surface area contributed by atoms with E-state index < -0.39 is 4.92 Å². The van der Waals surface area contributed by atoms with Crippen LogP contribution in [-0.2, 0) is 0 Å². The topological polar surface area (TPSA) is 64.4 Å². The molecular formula is C11H16N2O3. The van der Waals surface area contributed by atoms with Gasteiger partial charge in [0.05, 0.1) is 10.5 Å². The maximum atomic E-state index is 10.7. The van der Waals surface area contributed by atoms with Gasteiger partial charge in [0, 0.05) is 12.6 Å². The van der Waals surface area contributed by atoms with Crippen molar-refractivity contribution in [2.45, 2.75) is 13.8 Å². The molecule has 1 N–H and O–H groups in total. The van der Waals surface area contributed by atoms with Gasteiger partial charge in [0.15, 0.2) is 0 Å². The molecule has 0 radical (unpaired) electrons. The summed E-state index contributed by atoms with van der Waals surface area (Å²) >= 11 is 0. The van der Waals surface area contributed by atoms with Crippen molar-refractivity contribution in [3.8, 4) is 5.75 Å². The van der Waals surface area contributed by atoms with Gasteiger partial charge in [-0.2, -0.15) is 0 Å². The smallest absolute Gasteiger partial charge is 0.276 e. The second-order valence-corrected chi connectivity index (χ2v) is 3.36. The van der Waals surface area contributed by atoms with Crippen LogP contribution in [0.2, 0.25) is 0 Å². The van der Waals surface area contributed by atoms with Crippen LogP contribution in [-0.4, -0.2) is 24.6 Å². The number of nitro benzene ring substituents is 1. The van der Waals surface area contributed by atoms with Crippen molar-refractivity contribution in [3.05, 3.63) is 33.9 Å². The van der Waals surface area contributed by atoms with Crippen molar-refractivity contribution < 1.29 is 9.66 Å². The minimum absolute atomic E-state index is 0.0981. The molecular weight excluding hydrogens is 208 g/mol. The van der Waals surface area contributed by atoms with Crippen molar-refractivity contribution in [3.63, 3.8) is 0 Å². The van der Waals surface area contributed by atoms with E-state index in [2.05, 4.69) is 5.32 Å². The molecule has 1 aromatic rings. The van der Waals surface area contributed by atoms with Crippen LogP contribution in [0, 0.1) is 17.0 Å². The molecule has 0 unspecified atom stereocenters. The summed E-state index contributed by atoms with van der Waals surface area (Å²) in [4.78, 5) is 10.3. The lowest BCUT2D eigenvalue weighted by Gasteiger charge is -2.09. The lowest BCUT2D eigenvalue weighted by molar-refractivity contribution is -0.385. The fourth-order valence-corrected chi connectivity index (χ4v) is 1.37.